The monoisotopic (exact) mass is 451 g/mol. The molecular weight excluding hydrogens is 430 g/mol. The molecule has 0 aliphatic rings. The minimum Gasteiger partial charge on any atom is -0.382 e. The van der Waals surface area contributed by atoms with Crippen LogP contribution < -0.4 is 5.32 Å². The van der Waals surface area contributed by atoms with Gasteiger partial charge in [-0.1, -0.05) is 6.07 Å². The van der Waals surface area contributed by atoms with Crippen molar-refractivity contribution in [3.05, 3.63) is 66.4 Å². The number of H-pyrrole nitrogens is 2. The van der Waals surface area contributed by atoms with Gasteiger partial charge in [-0.2, -0.15) is 5.10 Å². The molecule has 0 spiro atoms. The van der Waals surface area contributed by atoms with Crippen LogP contribution in [0.3, 0.4) is 0 Å². The lowest BCUT2D eigenvalue weighted by atomic mass is 10.1. The highest BCUT2D eigenvalue weighted by molar-refractivity contribution is 7.13. The zero-order valence-electron chi connectivity index (χ0n) is 18.1. The molecule has 6 heterocycles. The fourth-order valence-electron chi connectivity index (χ4n) is 4.03. The largest absolute Gasteiger partial charge is 0.382 e. The molecular formula is C25H21N7S. The predicted molar refractivity (Wildman–Crippen MR) is 134 cm³/mol. The minimum absolute atomic E-state index is 0.327. The lowest BCUT2D eigenvalue weighted by Crippen LogP contribution is -2.09. The van der Waals surface area contributed by atoms with Crippen LogP contribution in [0.2, 0.25) is 0 Å². The molecule has 0 aromatic carbocycles. The van der Waals surface area contributed by atoms with Gasteiger partial charge in [-0.15, -0.1) is 11.3 Å². The van der Waals surface area contributed by atoms with Crippen LogP contribution in [-0.2, 0) is 0 Å². The number of aromatic amines is 2. The van der Waals surface area contributed by atoms with E-state index in [4.69, 9.17) is 4.98 Å². The molecule has 0 radical (unpaired) electrons. The standard InChI is InChI=1S/C25H21N7S/c1-14(2)28-16-10-15(12-26-13-16)18-5-6-20-24(30-18)25(32-31-20)21-11-17-19(29-21)7-8-27-23(17)22-4-3-9-33-22/h3-14,28-29H,1-2H3,(H,31,32). The zero-order valence-corrected chi connectivity index (χ0v) is 18.9. The second kappa shape index (κ2) is 7.83. The molecule has 7 nitrogen and oxygen atoms in total. The van der Waals surface area contributed by atoms with E-state index in [2.05, 4.69) is 67.9 Å². The van der Waals surface area contributed by atoms with Crippen molar-refractivity contribution >= 4 is 39.0 Å². The summed E-state index contributed by atoms with van der Waals surface area (Å²) >= 11 is 1.68. The van der Waals surface area contributed by atoms with Crippen LogP contribution in [0.25, 0.3) is 55.2 Å². The number of hydrogen-bond donors (Lipinski definition) is 3. The summed E-state index contributed by atoms with van der Waals surface area (Å²) in [6.45, 7) is 4.21. The molecule has 6 rings (SSSR count). The summed E-state index contributed by atoms with van der Waals surface area (Å²) in [6, 6.07) is 14.6. The van der Waals surface area contributed by atoms with E-state index in [9.17, 15) is 0 Å². The van der Waals surface area contributed by atoms with Gasteiger partial charge in [-0.3, -0.25) is 15.1 Å². The number of fused-ring (bicyclic) bond motifs is 2. The molecule has 0 aliphatic carbocycles. The van der Waals surface area contributed by atoms with E-state index in [1.54, 1.807) is 11.3 Å². The molecule has 0 unspecified atom stereocenters. The smallest absolute Gasteiger partial charge is 0.135 e. The average Bonchev–Trinajstić information content (AvgIpc) is 3.57. The Kier molecular flexibility index (Phi) is 4.66. The van der Waals surface area contributed by atoms with E-state index in [1.807, 2.05) is 42.9 Å². The molecule has 0 aliphatic heterocycles. The van der Waals surface area contributed by atoms with Gasteiger partial charge in [0.05, 0.1) is 33.2 Å². The maximum atomic E-state index is 4.95. The Labute approximate surface area is 194 Å². The second-order valence-electron chi connectivity index (χ2n) is 8.21. The fraction of sp³-hybridized carbons (Fsp3) is 0.120. The van der Waals surface area contributed by atoms with E-state index in [0.717, 1.165) is 60.8 Å². The van der Waals surface area contributed by atoms with E-state index in [0.29, 0.717) is 6.04 Å². The Morgan fingerprint density at radius 1 is 1.00 bits per heavy atom. The molecule has 8 heteroatoms. The third kappa shape index (κ3) is 3.54. The number of nitrogens with one attached hydrogen (secondary N) is 3. The van der Waals surface area contributed by atoms with Crippen LogP contribution in [0.4, 0.5) is 5.69 Å². The zero-order chi connectivity index (χ0) is 22.4. The van der Waals surface area contributed by atoms with Crippen molar-refractivity contribution in [2.24, 2.45) is 0 Å². The summed E-state index contributed by atoms with van der Waals surface area (Å²) in [7, 11) is 0. The Hall–Kier alpha value is -4.04. The molecule has 6 aromatic rings. The maximum Gasteiger partial charge on any atom is 0.135 e. The van der Waals surface area contributed by atoms with Gasteiger partial charge >= 0.3 is 0 Å². The Bertz CT molecular complexity index is 1580. The van der Waals surface area contributed by atoms with Crippen molar-refractivity contribution in [2.45, 2.75) is 19.9 Å². The minimum atomic E-state index is 0.327. The van der Waals surface area contributed by atoms with Gasteiger partial charge in [0.25, 0.3) is 0 Å². The molecule has 0 atom stereocenters. The summed E-state index contributed by atoms with van der Waals surface area (Å²) in [5.74, 6) is 0. The molecule has 0 fully saturated rings. The molecule has 33 heavy (non-hydrogen) atoms. The number of pyridine rings is 3. The quantitative estimate of drug-likeness (QED) is 0.294. The van der Waals surface area contributed by atoms with Crippen LogP contribution in [0.1, 0.15) is 13.8 Å². The first kappa shape index (κ1) is 19.6. The van der Waals surface area contributed by atoms with E-state index < -0.39 is 0 Å². The van der Waals surface area contributed by atoms with Crippen LogP contribution in [0, 0.1) is 0 Å². The summed E-state index contributed by atoms with van der Waals surface area (Å²) in [5.41, 5.74) is 8.15. The average molecular weight is 452 g/mol. The summed E-state index contributed by atoms with van der Waals surface area (Å²) in [5, 5.41) is 14.2. The van der Waals surface area contributed by atoms with Crippen LogP contribution in [0.5, 0.6) is 0 Å². The Balaban J connectivity index is 1.45. The SMILES string of the molecule is CC(C)Nc1cncc(-c2ccc3[nH]nc(-c4cc5c(-c6cccs6)nccc5[nH]4)c3n2)c1. The number of aromatic nitrogens is 6. The highest BCUT2D eigenvalue weighted by Crippen LogP contribution is 2.34. The summed E-state index contributed by atoms with van der Waals surface area (Å²) < 4.78 is 0. The van der Waals surface area contributed by atoms with E-state index >= 15 is 0 Å². The number of rotatable bonds is 5. The first-order valence-electron chi connectivity index (χ1n) is 10.7. The fourth-order valence-corrected chi connectivity index (χ4v) is 4.77. The molecule has 0 saturated carbocycles. The van der Waals surface area contributed by atoms with Crippen LogP contribution >= 0.6 is 11.3 Å². The molecule has 0 saturated heterocycles. The number of thiophene rings is 1. The van der Waals surface area contributed by atoms with Crippen molar-refractivity contribution in [3.8, 4) is 33.2 Å². The number of hydrogen-bond acceptors (Lipinski definition) is 6. The Morgan fingerprint density at radius 3 is 2.79 bits per heavy atom. The van der Waals surface area contributed by atoms with Crippen molar-refractivity contribution in [2.75, 3.05) is 5.32 Å². The van der Waals surface area contributed by atoms with Crippen molar-refractivity contribution in [1.29, 1.82) is 0 Å². The maximum absolute atomic E-state index is 4.95. The van der Waals surface area contributed by atoms with Crippen molar-refractivity contribution in [1.82, 2.24) is 30.1 Å². The third-order valence-corrected chi connectivity index (χ3v) is 6.33. The normalized spacial score (nSPS) is 11.6. The van der Waals surface area contributed by atoms with Crippen LogP contribution in [0.15, 0.2) is 66.4 Å². The highest BCUT2D eigenvalue weighted by atomic mass is 32.1. The van der Waals surface area contributed by atoms with Crippen molar-refractivity contribution in [3.63, 3.8) is 0 Å². The Morgan fingerprint density at radius 2 is 1.94 bits per heavy atom. The third-order valence-electron chi connectivity index (χ3n) is 5.45. The van der Waals surface area contributed by atoms with Gasteiger partial charge in [0.1, 0.15) is 11.2 Å². The first-order valence-corrected chi connectivity index (χ1v) is 11.6. The van der Waals surface area contributed by atoms with E-state index in [1.165, 1.54) is 0 Å². The van der Waals surface area contributed by atoms with Crippen LogP contribution in [-0.4, -0.2) is 36.2 Å². The molecule has 162 valence electrons. The van der Waals surface area contributed by atoms with Gasteiger partial charge < -0.3 is 10.3 Å². The van der Waals surface area contributed by atoms with E-state index in [-0.39, 0.29) is 0 Å². The number of anilines is 1. The van der Waals surface area contributed by atoms with Gasteiger partial charge in [0, 0.05) is 41.1 Å². The second-order valence-corrected chi connectivity index (χ2v) is 9.16. The topological polar surface area (TPSA) is 95.2 Å². The predicted octanol–water partition coefficient (Wildman–Crippen LogP) is 6.11. The van der Waals surface area contributed by atoms with Gasteiger partial charge in [0.2, 0.25) is 0 Å². The van der Waals surface area contributed by atoms with Gasteiger partial charge in [-0.25, -0.2) is 4.98 Å². The molecule has 0 amide bonds. The van der Waals surface area contributed by atoms with Gasteiger partial charge in [0.15, 0.2) is 0 Å². The molecule has 6 aromatic heterocycles. The summed E-state index contributed by atoms with van der Waals surface area (Å²) in [4.78, 5) is 18.6. The van der Waals surface area contributed by atoms with Crippen molar-refractivity contribution < 1.29 is 0 Å². The summed E-state index contributed by atoms with van der Waals surface area (Å²) in [6.07, 6.45) is 5.50. The lowest BCUT2D eigenvalue weighted by molar-refractivity contribution is 0.898. The lowest BCUT2D eigenvalue weighted by Gasteiger charge is -2.10. The number of nitrogens with zero attached hydrogens (tertiary/aromatic N) is 4. The van der Waals surface area contributed by atoms with Gasteiger partial charge in [-0.05, 0) is 55.6 Å². The highest BCUT2D eigenvalue weighted by Gasteiger charge is 2.16. The first-order chi connectivity index (χ1) is 16.2. The molecule has 3 N–H and O–H groups in total. The molecule has 0 bridgehead atoms.